The lowest BCUT2D eigenvalue weighted by Gasteiger charge is -2.12. The highest BCUT2D eigenvalue weighted by molar-refractivity contribution is 7.71. The van der Waals surface area contributed by atoms with Gasteiger partial charge in [0.15, 0.2) is 16.3 Å². The number of benzene rings is 1. The highest BCUT2D eigenvalue weighted by atomic mass is 32.1. The summed E-state index contributed by atoms with van der Waals surface area (Å²) in [7, 11) is 3.19. The Kier molecular flexibility index (Phi) is 3.97. The molecule has 0 fully saturated rings. The van der Waals surface area contributed by atoms with Crippen molar-refractivity contribution < 1.29 is 13.9 Å². The van der Waals surface area contributed by atoms with E-state index in [0.717, 1.165) is 16.7 Å². The third-order valence-electron chi connectivity index (χ3n) is 3.24. The molecule has 22 heavy (non-hydrogen) atoms. The van der Waals surface area contributed by atoms with Gasteiger partial charge in [0.25, 0.3) is 0 Å². The molecule has 3 rings (SSSR count). The number of hydrogen-bond acceptors (Lipinski definition) is 6. The van der Waals surface area contributed by atoms with E-state index in [1.165, 1.54) is 0 Å². The molecule has 0 aliphatic heterocycles. The van der Waals surface area contributed by atoms with Crippen molar-refractivity contribution in [2.75, 3.05) is 19.5 Å². The predicted octanol–water partition coefficient (Wildman–Crippen LogP) is 3.51. The van der Waals surface area contributed by atoms with E-state index in [-0.39, 0.29) is 0 Å². The number of aromatic nitrogens is 2. The van der Waals surface area contributed by atoms with Gasteiger partial charge in [0, 0.05) is 11.5 Å². The summed E-state index contributed by atoms with van der Waals surface area (Å²) < 4.78 is 16.3. The van der Waals surface area contributed by atoms with Gasteiger partial charge in [0.05, 0.1) is 32.5 Å². The summed E-state index contributed by atoms with van der Waals surface area (Å²) in [5, 5.41) is 4.09. The number of H-pyrrole nitrogens is 1. The molecule has 0 unspecified atom stereocenters. The molecule has 0 aliphatic carbocycles. The number of anilines is 1. The minimum atomic E-state index is 0.390. The molecule has 0 saturated carbocycles. The van der Waals surface area contributed by atoms with E-state index < -0.39 is 0 Å². The Bertz CT molecular complexity index is 843. The lowest BCUT2D eigenvalue weighted by atomic mass is 10.2. The summed E-state index contributed by atoms with van der Waals surface area (Å²) in [6.45, 7) is 0.516. The molecule has 1 aromatic carbocycles. The van der Waals surface area contributed by atoms with E-state index in [9.17, 15) is 0 Å². The summed E-state index contributed by atoms with van der Waals surface area (Å²) >= 11 is 5.18. The fourth-order valence-corrected chi connectivity index (χ4v) is 2.40. The molecule has 6 nitrogen and oxygen atoms in total. The van der Waals surface area contributed by atoms with Gasteiger partial charge in [0.2, 0.25) is 0 Å². The van der Waals surface area contributed by atoms with Crippen molar-refractivity contribution in [2.45, 2.75) is 6.54 Å². The quantitative estimate of drug-likeness (QED) is 0.702. The van der Waals surface area contributed by atoms with Gasteiger partial charge in [0.1, 0.15) is 11.6 Å². The maximum atomic E-state index is 5.34. The van der Waals surface area contributed by atoms with Crippen LogP contribution in [0, 0.1) is 4.77 Å². The van der Waals surface area contributed by atoms with Crippen molar-refractivity contribution in [3.8, 4) is 11.5 Å². The van der Waals surface area contributed by atoms with Gasteiger partial charge in [-0.05, 0) is 30.4 Å². The highest BCUT2D eigenvalue weighted by Crippen LogP contribution is 2.33. The van der Waals surface area contributed by atoms with Gasteiger partial charge in [-0.15, -0.1) is 0 Å². The zero-order valence-corrected chi connectivity index (χ0v) is 13.0. The predicted molar refractivity (Wildman–Crippen MR) is 86.1 cm³/mol. The summed E-state index contributed by atoms with van der Waals surface area (Å²) in [4.78, 5) is 7.40. The van der Waals surface area contributed by atoms with Crippen molar-refractivity contribution in [2.24, 2.45) is 0 Å². The molecule has 0 saturated heterocycles. The Morgan fingerprint density at radius 3 is 2.73 bits per heavy atom. The van der Waals surface area contributed by atoms with Gasteiger partial charge in [-0.2, -0.15) is 0 Å². The van der Waals surface area contributed by atoms with Crippen molar-refractivity contribution in [3.63, 3.8) is 0 Å². The minimum absolute atomic E-state index is 0.390. The Labute approximate surface area is 132 Å². The van der Waals surface area contributed by atoms with Crippen molar-refractivity contribution in [1.29, 1.82) is 0 Å². The number of fused-ring (bicyclic) bond motifs is 1. The average molecular weight is 317 g/mol. The topological polar surface area (TPSA) is 72.3 Å². The van der Waals surface area contributed by atoms with E-state index in [1.807, 2.05) is 24.3 Å². The molecule has 0 bridgehead atoms. The fourth-order valence-electron chi connectivity index (χ4n) is 2.20. The maximum absolute atomic E-state index is 5.34. The molecular formula is C15H15N3O3S. The van der Waals surface area contributed by atoms with Crippen molar-refractivity contribution >= 4 is 28.9 Å². The van der Waals surface area contributed by atoms with Crippen LogP contribution in [0.1, 0.15) is 5.76 Å². The van der Waals surface area contributed by atoms with Crippen LogP contribution < -0.4 is 14.8 Å². The molecule has 0 radical (unpaired) electrons. The number of ether oxygens (including phenoxy) is 2. The number of aromatic amines is 1. The smallest absolute Gasteiger partial charge is 0.199 e. The first-order chi connectivity index (χ1) is 10.7. The molecular weight excluding hydrogens is 302 g/mol. The van der Waals surface area contributed by atoms with Crippen LogP contribution in [0.5, 0.6) is 11.5 Å². The average Bonchev–Trinajstić information content (AvgIpc) is 3.04. The molecule has 2 N–H and O–H groups in total. The summed E-state index contributed by atoms with van der Waals surface area (Å²) in [6, 6.07) is 7.43. The molecule has 7 heteroatoms. The minimum Gasteiger partial charge on any atom is -0.493 e. The monoisotopic (exact) mass is 317 g/mol. The van der Waals surface area contributed by atoms with Gasteiger partial charge >= 0.3 is 0 Å². The third kappa shape index (κ3) is 2.75. The molecule has 0 atom stereocenters. The number of furan rings is 1. The Morgan fingerprint density at radius 2 is 2.05 bits per heavy atom. The van der Waals surface area contributed by atoms with Gasteiger partial charge in [-0.1, -0.05) is 0 Å². The first-order valence-electron chi connectivity index (χ1n) is 6.63. The number of nitrogens with one attached hydrogen (secondary N) is 2. The number of hydrogen-bond donors (Lipinski definition) is 2. The number of nitrogens with zero attached hydrogens (tertiary/aromatic N) is 1. The molecule has 0 spiro atoms. The third-order valence-corrected chi connectivity index (χ3v) is 3.44. The number of rotatable bonds is 5. The molecule has 114 valence electrons. The highest BCUT2D eigenvalue weighted by Gasteiger charge is 2.11. The van der Waals surface area contributed by atoms with Crippen LogP contribution in [0.2, 0.25) is 0 Å². The molecule has 2 aromatic heterocycles. The lowest BCUT2D eigenvalue weighted by Crippen LogP contribution is -2.03. The SMILES string of the molecule is COc1cc2[nH]c(=S)nc(NCc3ccco3)c2cc1OC. The molecule has 2 heterocycles. The van der Waals surface area contributed by atoms with Crippen LogP contribution in [-0.4, -0.2) is 24.2 Å². The summed E-state index contributed by atoms with van der Waals surface area (Å²) in [6.07, 6.45) is 1.63. The molecule has 0 aliphatic rings. The maximum Gasteiger partial charge on any atom is 0.199 e. The second kappa shape index (κ2) is 6.07. The summed E-state index contributed by atoms with van der Waals surface area (Å²) in [5.41, 5.74) is 0.819. The lowest BCUT2D eigenvalue weighted by molar-refractivity contribution is 0.356. The van der Waals surface area contributed by atoms with Crippen LogP contribution in [0.15, 0.2) is 34.9 Å². The molecule has 3 aromatic rings. The first-order valence-corrected chi connectivity index (χ1v) is 7.04. The normalized spacial score (nSPS) is 10.6. The van der Waals surface area contributed by atoms with Crippen molar-refractivity contribution in [3.05, 3.63) is 41.1 Å². The van der Waals surface area contributed by atoms with E-state index >= 15 is 0 Å². The Balaban J connectivity index is 2.06. The van der Waals surface area contributed by atoms with Crippen LogP contribution >= 0.6 is 12.2 Å². The van der Waals surface area contributed by atoms with E-state index in [2.05, 4.69) is 15.3 Å². The van der Waals surface area contributed by atoms with E-state index in [0.29, 0.717) is 28.6 Å². The van der Waals surface area contributed by atoms with Crippen LogP contribution in [0.25, 0.3) is 10.9 Å². The second-order valence-electron chi connectivity index (χ2n) is 4.58. The fraction of sp³-hybridized carbons (Fsp3) is 0.200. The van der Waals surface area contributed by atoms with Crippen molar-refractivity contribution in [1.82, 2.24) is 9.97 Å². The second-order valence-corrected chi connectivity index (χ2v) is 4.96. The van der Waals surface area contributed by atoms with E-state index in [1.54, 1.807) is 20.5 Å². The number of methoxy groups -OCH3 is 2. The zero-order valence-electron chi connectivity index (χ0n) is 12.2. The van der Waals surface area contributed by atoms with Crippen LogP contribution in [-0.2, 0) is 6.54 Å². The van der Waals surface area contributed by atoms with Crippen LogP contribution in [0.4, 0.5) is 5.82 Å². The largest absolute Gasteiger partial charge is 0.493 e. The van der Waals surface area contributed by atoms with Gasteiger partial charge < -0.3 is 24.2 Å². The Hall–Kier alpha value is -2.54. The van der Waals surface area contributed by atoms with Gasteiger partial charge in [-0.25, -0.2) is 4.98 Å². The Morgan fingerprint density at radius 1 is 1.27 bits per heavy atom. The van der Waals surface area contributed by atoms with Crippen LogP contribution in [0.3, 0.4) is 0 Å². The molecule has 0 amide bonds. The first kappa shape index (κ1) is 14.4. The standard InChI is InChI=1S/C15H15N3O3S/c1-19-12-6-10-11(7-13(12)20-2)17-15(22)18-14(10)16-8-9-4-3-5-21-9/h3-7H,8H2,1-2H3,(H2,16,17,18,22). The summed E-state index contributed by atoms with van der Waals surface area (Å²) in [5.74, 6) is 2.73. The van der Waals surface area contributed by atoms with Gasteiger partial charge in [-0.3, -0.25) is 0 Å². The zero-order chi connectivity index (χ0) is 15.5. The van der Waals surface area contributed by atoms with E-state index in [4.69, 9.17) is 26.1 Å².